The molecule has 1 atom stereocenters. The third kappa shape index (κ3) is 4.59. The Kier molecular flexibility index (Phi) is 5.76. The lowest BCUT2D eigenvalue weighted by Crippen LogP contribution is -2.35. The fraction of sp³-hybridized carbons (Fsp3) is 0.500. The van der Waals surface area contributed by atoms with Crippen LogP contribution in [-0.2, 0) is 16.4 Å². The van der Waals surface area contributed by atoms with Crippen LogP contribution in [0.15, 0.2) is 29.6 Å². The average Bonchev–Trinajstić information content (AvgIpc) is 3.20. The number of thiazole rings is 1. The van der Waals surface area contributed by atoms with Crippen LogP contribution in [-0.4, -0.2) is 49.0 Å². The van der Waals surface area contributed by atoms with E-state index in [9.17, 15) is 8.42 Å². The van der Waals surface area contributed by atoms with E-state index < -0.39 is 9.84 Å². The molecule has 2 heterocycles. The molecule has 25 heavy (non-hydrogen) atoms. The van der Waals surface area contributed by atoms with Gasteiger partial charge in [0, 0.05) is 23.5 Å². The summed E-state index contributed by atoms with van der Waals surface area (Å²) in [5, 5.41) is 3.05. The number of hydrogen-bond acceptors (Lipinski definition) is 6. The lowest BCUT2D eigenvalue weighted by molar-refractivity contribution is 0.213. The van der Waals surface area contributed by atoms with Crippen molar-refractivity contribution in [2.45, 2.75) is 32.9 Å². The average molecular weight is 381 g/mol. The Hall–Kier alpha value is -1.44. The van der Waals surface area contributed by atoms with Crippen molar-refractivity contribution in [1.29, 1.82) is 0 Å². The van der Waals surface area contributed by atoms with Crippen LogP contribution in [0.5, 0.6) is 5.75 Å². The maximum Gasteiger partial charge on any atom is 0.151 e. The van der Waals surface area contributed by atoms with E-state index in [2.05, 4.69) is 17.2 Å². The minimum atomic E-state index is -2.86. The van der Waals surface area contributed by atoms with Gasteiger partial charge in [-0.3, -0.25) is 4.90 Å². The minimum Gasteiger partial charge on any atom is -0.494 e. The largest absolute Gasteiger partial charge is 0.494 e. The zero-order chi connectivity index (χ0) is 17.9. The second-order valence-corrected chi connectivity index (χ2v) is 9.31. The highest BCUT2D eigenvalue weighted by Crippen LogP contribution is 2.27. The lowest BCUT2D eigenvalue weighted by Gasteiger charge is -2.25. The normalized spacial score (nSPS) is 19.4. The molecule has 0 saturated carbocycles. The number of ether oxygens (including phenoxy) is 1. The first kappa shape index (κ1) is 18.4. The van der Waals surface area contributed by atoms with Crippen molar-refractivity contribution in [2.75, 3.05) is 24.7 Å². The summed E-state index contributed by atoms with van der Waals surface area (Å²) in [6, 6.07) is 8.08. The highest BCUT2D eigenvalue weighted by Gasteiger charge is 2.31. The number of benzene rings is 1. The lowest BCUT2D eigenvalue weighted by atomic mass is 10.2. The van der Waals surface area contributed by atoms with Crippen LogP contribution in [0, 0.1) is 0 Å². The van der Waals surface area contributed by atoms with E-state index >= 15 is 0 Å². The van der Waals surface area contributed by atoms with Crippen molar-refractivity contribution in [3.05, 3.63) is 35.3 Å². The highest BCUT2D eigenvalue weighted by molar-refractivity contribution is 7.91. The second kappa shape index (κ2) is 7.85. The van der Waals surface area contributed by atoms with Gasteiger partial charge in [0.1, 0.15) is 10.8 Å². The van der Waals surface area contributed by atoms with Crippen LogP contribution in [0.1, 0.15) is 26.0 Å². The molecule has 1 aromatic heterocycles. The van der Waals surface area contributed by atoms with Crippen LogP contribution in [0.3, 0.4) is 0 Å². The predicted octanol–water partition coefficient (Wildman–Crippen LogP) is 3.22. The molecule has 1 aliphatic rings. The third-order valence-corrected chi connectivity index (χ3v) is 7.15. The molecule has 1 fully saturated rings. The number of aromatic nitrogens is 1. The summed E-state index contributed by atoms with van der Waals surface area (Å²) in [6.45, 7) is 6.23. The van der Waals surface area contributed by atoms with Crippen LogP contribution in [0.25, 0.3) is 10.6 Å². The summed E-state index contributed by atoms with van der Waals surface area (Å²) in [5.41, 5.74) is 2.08. The fourth-order valence-corrected chi connectivity index (χ4v) is 5.72. The van der Waals surface area contributed by atoms with Gasteiger partial charge < -0.3 is 4.74 Å². The van der Waals surface area contributed by atoms with Gasteiger partial charge in [-0.25, -0.2) is 13.4 Å². The quantitative estimate of drug-likeness (QED) is 0.738. The van der Waals surface area contributed by atoms with E-state index in [0.29, 0.717) is 18.9 Å². The molecule has 136 valence electrons. The number of rotatable bonds is 7. The topological polar surface area (TPSA) is 59.5 Å². The summed E-state index contributed by atoms with van der Waals surface area (Å²) in [4.78, 5) is 6.96. The molecule has 1 saturated heterocycles. The Labute approximate surface area is 153 Å². The molecule has 0 spiro atoms. The van der Waals surface area contributed by atoms with Gasteiger partial charge in [0.25, 0.3) is 0 Å². The molecule has 5 nitrogen and oxygen atoms in total. The molecule has 0 bridgehead atoms. The second-order valence-electron chi connectivity index (χ2n) is 6.22. The minimum absolute atomic E-state index is 0.116. The Morgan fingerprint density at radius 3 is 2.64 bits per heavy atom. The highest BCUT2D eigenvalue weighted by atomic mass is 32.2. The van der Waals surface area contributed by atoms with Crippen molar-refractivity contribution in [2.24, 2.45) is 0 Å². The molecule has 2 aromatic rings. The summed E-state index contributed by atoms with van der Waals surface area (Å²) in [5.74, 6) is 1.45. The van der Waals surface area contributed by atoms with Gasteiger partial charge in [-0.05, 0) is 44.2 Å². The first-order chi connectivity index (χ1) is 12.0. The van der Waals surface area contributed by atoms with Gasteiger partial charge in [0.05, 0.1) is 23.8 Å². The van der Waals surface area contributed by atoms with E-state index in [1.807, 2.05) is 31.2 Å². The molecule has 7 heteroatoms. The first-order valence-electron chi connectivity index (χ1n) is 8.63. The van der Waals surface area contributed by atoms with Gasteiger partial charge in [0.15, 0.2) is 9.84 Å². The molecule has 0 radical (unpaired) electrons. The van der Waals surface area contributed by atoms with Gasteiger partial charge in [0.2, 0.25) is 0 Å². The first-order valence-corrected chi connectivity index (χ1v) is 11.3. The Morgan fingerprint density at radius 1 is 1.28 bits per heavy atom. The van der Waals surface area contributed by atoms with Crippen LogP contribution in [0.4, 0.5) is 0 Å². The molecule has 0 amide bonds. The molecule has 1 aromatic carbocycles. The Bertz CT molecular complexity index is 800. The van der Waals surface area contributed by atoms with Gasteiger partial charge in [-0.2, -0.15) is 0 Å². The van der Waals surface area contributed by atoms with Crippen LogP contribution in [0.2, 0.25) is 0 Å². The van der Waals surface area contributed by atoms with E-state index in [4.69, 9.17) is 9.72 Å². The molecule has 0 N–H and O–H groups in total. The van der Waals surface area contributed by atoms with Crippen molar-refractivity contribution in [3.63, 3.8) is 0 Å². The molecular weight excluding hydrogens is 356 g/mol. The van der Waals surface area contributed by atoms with Gasteiger partial charge in [-0.1, -0.05) is 6.92 Å². The summed E-state index contributed by atoms with van der Waals surface area (Å²) < 4.78 is 28.9. The van der Waals surface area contributed by atoms with E-state index in [1.54, 1.807) is 11.3 Å². The maximum atomic E-state index is 11.7. The van der Waals surface area contributed by atoms with Crippen molar-refractivity contribution in [3.8, 4) is 16.3 Å². The zero-order valence-electron chi connectivity index (χ0n) is 14.6. The molecule has 3 rings (SSSR count). The van der Waals surface area contributed by atoms with E-state index in [1.165, 1.54) is 0 Å². The smallest absolute Gasteiger partial charge is 0.151 e. The third-order valence-electron chi connectivity index (χ3n) is 4.46. The van der Waals surface area contributed by atoms with Crippen LogP contribution >= 0.6 is 11.3 Å². The summed E-state index contributed by atoms with van der Waals surface area (Å²) >= 11 is 1.62. The number of nitrogens with zero attached hydrogens (tertiary/aromatic N) is 2. The fourth-order valence-electron chi connectivity index (χ4n) is 3.14. The number of hydrogen-bond donors (Lipinski definition) is 0. The van der Waals surface area contributed by atoms with Crippen molar-refractivity contribution >= 4 is 21.2 Å². The molecule has 1 aliphatic heterocycles. The Balaban J connectivity index is 1.68. The van der Waals surface area contributed by atoms with Crippen molar-refractivity contribution in [1.82, 2.24) is 9.88 Å². The molecule has 0 aliphatic carbocycles. The monoisotopic (exact) mass is 380 g/mol. The van der Waals surface area contributed by atoms with Gasteiger partial charge >= 0.3 is 0 Å². The van der Waals surface area contributed by atoms with E-state index in [0.717, 1.165) is 35.0 Å². The maximum absolute atomic E-state index is 11.7. The van der Waals surface area contributed by atoms with Crippen LogP contribution < -0.4 is 4.74 Å². The SMILES string of the molecule is CCOc1ccc(-c2nc(CN(CC)[C@H]3CCS(=O)(=O)C3)cs2)cc1. The summed E-state index contributed by atoms with van der Waals surface area (Å²) in [6.07, 6.45) is 0.728. The van der Waals surface area contributed by atoms with Crippen molar-refractivity contribution < 1.29 is 13.2 Å². The molecular formula is C18H24N2O3S2. The van der Waals surface area contributed by atoms with Gasteiger partial charge in [-0.15, -0.1) is 11.3 Å². The molecule has 0 unspecified atom stereocenters. The zero-order valence-corrected chi connectivity index (χ0v) is 16.3. The van der Waals surface area contributed by atoms with E-state index in [-0.39, 0.29) is 11.8 Å². The number of sulfone groups is 1. The Morgan fingerprint density at radius 2 is 2.04 bits per heavy atom. The predicted molar refractivity (Wildman–Crippen MR) is 102 cm³/mol. The summed E-state index contributed by atoms with van der Waals surface area (Å²) in [7, 11) is -2.86. The standard InChI is InChI=1S/C18H24N2O3S2/c1-3-20(16-9-10-25(21,22)13-16)11-15-12-24-18(19-15)14-5-7-17(8-6-14)23-4-2/h5-8,12,16H,3-4,9-11,13H2,1-2H3/t16-/m0/s1.